The van der Waals surface area contributed by atoms with Crippen molar-refractivity contribution < 1.29 is 14.2 Å². The van der Waals surface area contributed by atoms with E-state index in [0.717, 1.165) is 0 Å². The molecule has 2 heterocycles. The van der Waals surface area contributed by atoms with Crippen LogP contribution < -0.4 is 0 Å². The molecule has 4 atom stereocenters. The van der Waals surface area contributed by atoms with Crippen LogP contribution in [0.1, 0.15) is 34.5 Å². The van der Waals surface area contributed by atoms with Crippen molar-refractivity contribution in [3.8, 4) is 22.3 Å². The summed E-state index contributed by atoms with van der Waals surface area (Å²) in [5.41, 5.74) is 9.94. The number of ether oxygens (including phenoxy) is 3. The fraction of sp³-hybridized carbons (Fsp3) is 0.250. The van der Waals surface area contributed by atoms with Gasteiger partial charge < -0.3 is 14.2 Å². The highest BCUT2D eigenvalue weighted by molar-refractivity contribution is 5.70. The van der Waals surface area contributed by atoms with Crippen LogP contribution in [0.2, 0.25) is 0 Å². The molecule has 2 saturated heterocycles. The van der Waals surface area contributed by atoms with Crippen molar-refractivity contribution in [1.82, 2.24) is 0 Å². The quantitative estimate of drug-likeness (QED) is 0.259. The summed E-state index contributed by atoms with van der Waals surface area (Å²) in [6.07, 6.45) is 0.366. The van der Waals surface area contributed by atoms with Gasteiger partial charge in [-0.15, -0.1) is 0 Å². The zero-order chi connectivity index (χ0) is 23.8. The van der Waals surface area contributed by atoms with Crippen LogP contribution in [0.5, 0.6) is 0 Å². The summed E-state index contributed by atoms with van der Waals surface area (Å²) in [4.78, 5) is 0. The molecule has 0 saturated carbocycles. The maximum atomic E-state index is 6.06. The minimum atomic E-state index is 0.0877. The third-order valence-corrected chi connectivity index (χ3v) is 6.92. The lowest BCUT2D eigenvalue weighted by Gasteiger charge is -2.09. The molecule has 0 aromatic heterocycles. The maximum absolute atomic E-state index is 6.06. The van der Waals surface area contributed by atoms with Gasteiger partial charge in [0.1, 0.15) is 24.4 Å². The van der Waals surface area contributed by atoms with Gasteiger partial charge in [-0.2, -0.15) is 0 Å². The Bertz CT molecular complexity index is 1240. The van der Waals surface area contributed by atoms with Gasteiger partial charge in [-0.3, -0.25) is 0 Å². The first-order chi connectivity index (χ1) is 17.2. The van der Waals surface area contributed by atoms with E-state index in [4.69, 9.17) is 14.2 Å². The predicted octanol–water partition coefficient (Wildman–Crippen LogP) is 7.23. The van der Waals surface area contributed by atoms with Gasteiger partial charge in [-0.25, -0.2) is 0 Å². The first-order valence-corrected chi connectivity index (χ1v) is 12.4. The molecule has 3 heteroatoms. The van der Waals surface area contributed by atoms with Gasteiger partial charge in [0.2, 0.25) is 0 Å². The number of rotatable bonds is 8. The Balaban J connectivity index is 1.06. The lowest BCUT2D eigenvalue weighted by Crippen LogP contribution is -2.08. The number of epoxide rings is 2. The zero-order valence-electron chi connectivity index (χ0n) is 20.2. The monoisotopic (exact) mass is 462 g/mol. The average molecular weight is 463 g/mol. The molecule has 176 valence electrons. The van der Waals surface area contributed by atoms with Crippen LogP contribution in [0.15, 0.2) is 97.1 Å². The second kappa shape index (κ2) is 9.43. The van der Waals surface area contributed by atoms with Crippen LogP contribution in [-0.4, -0.2) is 25.4 Å². The molecule has 3 nitrogen and oxygen atoms in total. The lowest BCUT2D eigenvalue weighted by molar-refractivity contribution is 0.102. The van der Waals surface area contributed by atoms with E-state index < -0.39 is 0 Å². The van der Waals surface area contributed by atoms with Crippen molar-refractivity contribution in [1.29, 1.82) is 0 Å². The lowest BCUT2D eigenvalue weighted by atomic mass is 9.95. The highest BCUT2D eigenvalue weighted by Gasteiger charge is 2.44. The van der Waals surface area contributed by atoms with E-state index in [2.05, 4.69) is 111 Å². The van der Waals surface area contributed by atoms with Crippen LogP contribution in [0, 0.1) is 13.8 Å². The molecule has 0 aliphatic carbocycles. The summed E-state index contributed by atoms with van der Waals surface area (Å²) in [6.45, 7) is 5.42. The topological polar surface area (TPSA) is 34.3 Å². The minimum Gasteiger partial charge on any atom is -0.376 e. The minimum absolute atomic E-state index is 0.0877. The third-order valence-electron chi connectivity index (χ3n) is 6.92. The van der Waals surface area contributed by atoms with Crippen molar-refractivity contribution in [3.05, 3.63) is 119 Å². The van der Waals surface area contributed by atoms with Gasteiger partial charge in [0.15, 0.2) is 0 Å². The van der Waals surface area contributed by atoms with E-state index in [1.165, 1.54) is 44.5 Å². The van der Waals surface area contributed by atoms with Crippen molar-refractivity contribution in [2.45, 2.75) is 38.3 Å². The van der Waals surface area contributed by atoms with Crippen molar-refractivity contribution in [2.75, 3.05) is 13.2 Å². The predicted molar refractivity (Wildman–Crippen MR) is 139 cm³/mol. The average Bonchev–Trinajstić information content (AvgIpc) is 3.81. The second-order valence-corrected chi connectivity index (χ2v) is 9.64. The molecule has 0 radical (unpaired) electrons. The summed E-state index contributed by atoms with van der Waals surface area (Å²) >= 11 is 0. The molecule has 2 aliphatic rings. The first kappa shape index (κ1) is 22.2. The van der Waals surface area contributed by atoms with Crippen LogP contribution >= 0.6 is 0 Å². The SMILES string of the molecule is Cc1cccc(-c2ccccc2C2OC2COCC2OC2c2ccccc2-c2cccc(C)c2)c1. The van der Waals surface area contributed by atoms with E-state index in [0.29, 0.717) is 13.2 Å². The smallest absolute Gasteiger partial charge is 0.112 e. The van der Waals surface area contributed by atoms with Gasteiger partial charge >= 0.3 is 0 Å². The van der Waals surface area contributed by atoms with Gasteiger partial charge in [0.05, 0.1) is 13.2 Å². The number of hydrogen-bond donors (Lipinski definition) is 0. The Morgan fingerprint density at radius 2 is 1.03 bits per heavy atom. The van der Waals surface area contributed by atoms with Crippen molar-refractivity contribution in [2.24, 2.45) is 0 Å². The van der Waals surface area contributed by atoms with Gasteiger partial charge in [-0.05, 0) is 47.2 Å². The Hall–Kier alpha value is -3.24. The van der Waals surface area contributed by atoms with Crippen molar-refractivity contribution in [3.63, 3.8) is 0 Å². The van der Waals surface area contributed by atoms with E-state index in [9.17, 15) is 0 Å². The summed E-state index contributed by atoms with van der Waals surface area (Å²) in [5, 5.41) is 0. The standard InChI is InChI=1S/C32H30O3/c1-21-9-7-11-23(17-21)25-13-3-5-15-27(25)31-29(34-31)19-33-20-30-32(35-30)28-16-6-4-14-26(28)24-12-8-10-22(2)18-24/h3-18,29-32H,19-20H2,1-2H3. The zero-order valence-corrected chi connectivity index (χ0v) is 20.2. The molecule has 2 fully saturated rings. The molecule has 35 heavy (non-hydrogen) atoms. The van der Waals surface area contributed by atoms with Crippen LogP contribution in [-0.2, 0) is 14.2 Å². The Morgan fingerprint density at radius 1 is 0.571 bits per heavy atom. The number of aryl methyl sites for hydroxylation is 2. The molecule has 4 aromatic rings. The number of hydrogen-bond acceptors (Lipinski definition) is 3. The molecule has 0 spiro atoms. The highest BCUT2D eigenvalue weighted by Crippen LogP contribution is 2.45. The van der Waals surface area contributed by atoms with Gasteiger partial charge in [-0.1, -0.05) is 108 Å². The fourth-order valence-electron chi connectivity index (χ4n) is 5.03. The maximum Gasteiger partial charge on any atom is 0.112 e. The molecular weight excluding hydrogens is 432 g/mol. The molecular formula is C32H30O3. The van der Waals surface area contributed by atoms with Gasteiger partial charge in [0, 0.05) is 0 Å². The van der Waals surface area contributed by atoms with E-state index in [-0.39, 0.29) is 24.4 Å². The van der Waals surface area contributed by atoms with Crippen molar-refractivity contribution >= 4 is 0 Å². The molecule has 2 aliphatic heterocycles. The molecule has 0 amide bonds. The largest absolute Gasteiger partial charge is 0.376 e. The highest BCUT2D eigenvalue weighted by atomic mass is 16.6. The van der Waals surface area contributed by atoms with E-state index in [1.54, 1.807) is 0 Å². The molecule has 4 aromatic carbocycles. The molecule has 4 unspecified atom stereocenters. The van der Waals surface area contributed by atoms with Crippen LogP contribution in [0.3, 0.4) is 0 Å². The summed E-state index contributed by atoms with van der Waals surface area (Å²) in [6, 6.07) is 34.3. The van der Waals surface area contributed by atoms with Gasteiger partial charge in [0.25, 0.3) is 0 Å². The number of benzene rings is 4. The molecule has 0 N–H and O–H groups in total. The van der Waals surface area contributed by atoms with E-state index in [1.807, 2.05) is 0 Å². The summed E-state index contributed by atoms with van der Waals surface area (Å²) < 4.78 is 18.1. The summed E-state index contributed by atoms with van der Waals surface area (Å²) in [7, 11) is 0. The first-order valence-electron chi connectivity index (χ1n) is 12.4. The third kappa shape index (κ3) is 4.81. The molecule has 6 rings (SSSR count). The Morgan fingerprint density at radius 3 is 1.49 bits per heavy atom. The Labute approximate surface area is 207 Å². The second-order valence-electron chi connectivity index (χ2n) is 9.64. The summed E-state index contributed by atoms with van der Waals surface area (Å²) in [5.74, 6) is 0. The van der Waals surface area contributed by atoms with Crippen LogP contribution in [0.25, 0.3) is 22.3 Å². The van der Waals surface area contributed by atoms with E-state index >= 15 is 0 Å². The molecule has 0 bridgehead atoms. The fourth-order valence-corrected chi connectivity index (χ4v) is 5.03. The normalized spacial score (nSPS) is 22.7. The van der Waals surface area contributed by atoms with Crippen LogP contribution in [0.4, 0.5) is 0 Å². The Kier molecular flexibility index (Phi) is 5.99.